The number of thiazole rings is 1. The number of carbonyl (C=O) groups excluding carboxylic acids is 1. The predicted octanol–water partition coefficient (Wildman–Crippen LogP) is 8.58. The summed E-state index contributed by atoms with van der Waals surface area (Å²) >= 11 is 27.9. The summed E-state index contributed by atoms with van der Waals surface area (Å²) < 4.78 is 1.95. The Kier molecular flexibility index (Phi) is 9.35. The lowest BCUT2D eigenvalue weighted by atomic mass is 10.1. The Morgan fingerprint density at radius 2 is 1.75 bits per heavy atom. The van der Waals surface area contributed by atoms with Crippen molar-refractivity contribution in [3.8, 4) is 17.1 Å². The molecule has 0 atom stereocenters. The highest BCUT2D eigenvalue weighted by molar-refractivity contribution is 7.98. The van der Waals surface area contributed by atoms with Gasteiger partial charge in [-0.15, -0.1) is 21.5 Å². The average molecular weight is 649 g/mol. The summed E-state index contributed by atoms with van der Waals surface area (Å²) in [7, 11) is 0. The fourth-order valence-electron chi connectivity index (χ4n) is 3.95. The molecule has 204 valence electrons. The molecule has 5 aromatic rings. The Labute approximate surface area is 259 Å². The highest BCUT2D eigenvalue weighted by atomic mass is 35.5. The normalized spacial score (nSPS) is 11.1. The van der Waals surface area contributed by atoms with Crippen LogP contribution in [0.15, 0.2) is 71.2 Å². The molecular weight excluding hydrogens is 628 g/mol. The third-order valence-electron chi connectivity index (χ3n) is 5.96. The molecular formula is C28H21Cl4N5OS2. The van der Waals surface area contributed by atoms with Crippen LogP contribution in [0.4, 0.5) is 0 Å². The number of aryl methyl sites for hydroxylation is 1. The maximum atomic E-state index is 12.7. The van der Waals surface area contributed by atoms with Crippen LogP contribution in [0.3, 0.4) is 0 Å². The number of halogens is 4. The quantitative estimate of drug-likeness (QED) is 0.162. The Morgan fingerprint density at radius 3 is 2.55 bits per heavy atom. The van der Waals surface area contributed by atoms with Crippen molar-refractivity contribution < 1.29 is 4.79 Å². The topological polar surface area (TPSA) is 72.7 Å². The van der Waals surface area contributed by atoms with Crippen molar-refractivity contribution in [3.63, 3.8) is 0 Å². The number of nitrogens with one attached hydrogen (secondary N) is 1. The smallest absolute Gasteiger partial charge is 0.270 e. The van der Waals surface area contributed by atoms with E-state index in [9.17, 15) is 4.79 Å². The molecule has 2 heterocycles. The van der Waals surface area contributed by atoms with Crippen LogP contribution in [-0.2, 0) is 12.2 Å². The number of hydrogen-bond acceptors (Lipinski definition) is 6. The lowest BCUT2D eigenvalue weighted by Gasteiger charge is -2.14. The number of nitrogens with zero attached hydrogens (tertiary/aromatic N) is 4. The third kappa shape index (κ3) is 6.65. The maximum Gasteiger partial charge on any atom is 0.270 e. The molecule has 6 nitrogen and oxygen atoms in total. The lowest BCUT2D eigenvalue weighted by Crippen LogP contribution is -2.26. The van der Waals surface area contributed by atoms with Crippen molar-refractivity contribution in [2.75, 3.05) is 6.54 Å². The summed E-state index contributed by atoms with van der Waals surface area (Å²) in [5.41, 5.74) is 3.90. The molecule has 0 radical (unpaired) electrons. The van der Waals surface area contributed by atoms with E-state index in [1.807, 2.05) is 60.0 Å². The number of carbonyl (C=O) groups is 1. The van der Waals surface area contributed by atoms with E-state index in [0.29, 0.717) is 55.5 Å². The van der Waals surface area contributed by atoms with Gasteiger partial charge in [0, 0.05) is 32.6 Å². The largest absolute Gasteiger partial charge is 0.350 e. The van der Waals surface area contributed by atoms with E-state index < -0.39 is 0 Å². The zero-order chi connectivity index (χ0) is 28.2. The van der Waals surface area contributed by atoms with E-state index in [2.05, 4.69) is 20.5 Å². The third-order valence-corrected chi connectivity index (χ3v) is 9.09. The van der Waals surface area contributed by atoms with Crippen molar-refractivity contribution in [2.45, 2.75) is 24.3 Å². The number of aromatic nitrogens is 4. The second kappa shape index (κ2) is 12.9. The van der Waals surface area contributed by atoms with E-state index in [1.165, 1.54) is 23.1 Å². The molecule has 1 N–H and O–H groups in total. The Balaban J connectivity index is 1.31. The summed E-state index contributed by atoms with van der Waals surface area (Å²) in [4.78, 5) is 17.2. The fourth-order valence-corrected chi connectivity index (χ4v) is 6.58. The SMILES string of the molecule is Cc1ccc(Cl)cc1-n1c(SCc2nc(C(=O)NCCc3ccc(Cl)cc3Cl)cs2)nnc1-c1ccccc1Cl. The van der Waals surface area contributed by atoms with Gasteiger partial charge in [0.15, 0.2) is 11.0 Å². The van der Waals surface area contributed by atoms with Gasteiger partial charge >= 0.3 is 0 Å². The standard InChI is InChI=1S/C28H21Cl4N5OS2/c1-16-6-8-19(30)13-24(16)37-26(20-4-2-3-5-21(20)31)35-36-28(37)40-15-25-34-23(14-39-25)27(38)33-11-10-17-7-9-18(29)12-22(17)32/h2-9,12-14H,10-11,15H2,1H3,(H,33,38). The van der Waals surface area contributed by atoms with Crippen LogP contribution < -0.4 is 5.32 Å². The molecule has 0 unspecified atom stereocenters. The molecule has 2 aromatic heterocycles. The van der Waals surface area contributed by atoms with Gasteiger partial charge in [0.2, 0.25) is 0 Å². The Hall–Kier alpha value is -2.59. The average Bonchev–Trinajstić information content (AvgIpc) is 3.58. The number of benzene rings is 3. The van der Waals surface area contributed by atoms with Crippen LogP contribution in [0.1, 0.15) is 26.6 Å². The first kappa shape index (κ1) is 28.9. The zero-order valence-electron chi connectivity index (χ0n) is 21.0. The zero-order valence-corrected chi connectivity index (χ0v) is 25.7. The van der Waals surface area contributed by atoms with Gasteiger partial charge in [-0.3, -0.25) is 9.36 Å². The van der Waals surface area contributed by atoms with E-state index >= 15 is 0 Å². The van der Waals surface area contributed by atoms with Crippen LogP contribution in [0.5, 0.6) is 0 Å². The van der Waals surface area contributed by atoms with E-state index in [1.54, 1.807) is 17.5 Å². The van der Waals surface area contributed by atoms with Gasteiger partial charge in [0.25, 0.3) is 5.91 Å². The minimum atomic E-state index is -0.240. The van der Waals surface area contributed by atoms with Gasteiger partial charge in [-0.25, -0.2) is 4.98 Å². The molecule has 1 amide bonds. The summed E-state index contributed by atoms with van der Waals surface area (Å²) in [5.74, 6) is 0.869. The first-order valence-corrected chi connectivity index (χ1v) is 15.4. The highest BCUT2D eigenvalue weighted by Crippen LogP contribution is 2.35. The van der Waals surface area contributed by atoms with Crippen LogP contribution in [0.25, 0.3) is 17.1 Å². The Bertz CT molecular complexity index is 1690. The van der Waals surface area contributed by atoms with Crippen LogP contribution in [0.2, 0.25) is 20.1 Å². The second-order valence-corrected chi connectivity index (χ2v) is 12.3. The number of rotatable bonds is 9. The monoisotopic (exact) mass is 647 g/mol. The minimum absolute atomic E-state index is 0.240. The minimum Gasteiger partial charge on any atom is -0.350 e. The van der Waals surface area contributed by atoms with Gasteiger partial charge < -0.3 is 5.32 Å². The molecule has 12 heteroatoms. The van der Waals surface area contributed by atoms with Gasteiger partial charge in [-0.2, -0.15) is 0 Å². The lowest BCUT2D eigenvalue weighted by molar-refractivity contribution is 0.0949. The van der Waals surface area contributed by atoms with Gasteiger partial charge in [-0.1, -0.05) is 82.4 Å². The molecule has 0 saturated heterocycles. The fraction of sp³-hybridized carbons (Fsp3) is 0.143. The number of amides is 1. The molecule has 0 fully saturated rings. The molecule has 0 spiro atoms. The van der Waals surface area contributed by atoms with Crippen LogP contribution in [0, 0.1) is 6.92 Å². The highest BCUT2D eigenvalue weighted by Gasteiger charge is 2.20. The molecule has 0 bridgehead atoms. The number of thioether (sulfide) groups is 1. The van der Waals surface area contributed by atoms with Gasteiger partial charge in [0.1, 0.15) is 10.7 Å². The second-order valence-electron chi connectivity index (χ2n) is 8.71. The predicted molar refractivity (Wildman–Crippen MR) is 166 cm³/mol. The van der Waals surface area contributed by atoms with E-state index in [-0.39, 0.29) is 5.91 Å². The van der Waals surface area contributed by atoms with Crippen LogP contribution in [-0.4, -0.2) is 32.2 Å². The molecule has 40 heavy (non-hydrogen) atoms. The summed E-state index contributed by atoms with van der Waals surface area (Å²) in [6.07, 6.45) is 0.584. The van der Waals surface area contributed by atoms with Crippen molar-refractivity contribution >= 4 is 75.4 Å². The molecule has 3 aromatic carbocycles. The van der Waals surface area contributed by atoms with Crippen molar-refractivity contribution in [2.24, 2.45) is 0 Å². The van der Waals surface area contributed by atoms with Crippen molar-refractivity contribution in [1.82, 2.24) is 25.1 Å². The first-order valence-electron chi connectivity index (χ1n) is 12.1. The molecule has 0 saturated carbocycles. The maximum absolute atomic E-state index is 12.7. The van der Waals surface area contributed by atoms with Crippen LogP contribution >= 0.6 is 69.5 Å². The summed E-state index contributed by atoms with van der Waals surface area (Å²) in [5, 5.41) is 17.4. The first-order chi connectivity index (χ1) is 19.3. The van der Waals surface area contributed by atoms with Gasteiger partial charge in [-0.05, 0) is 60.9 Å². The van der Waals surface area contributed by atoms with Crippen molar-refractivity contribution in [1.29, 1.82) is 0 Å². The molecule has 0 aliphatic carbocycles. The molecule has 5 rings (SSSR count). The van der Waals surface area contributed by atoms with Crippen molar-refractivity contribution in [3.05, 3.63) is 108 Å². The molecule has 0 aliphatic rings. The van der Waals surface area contributed by atoms with E-state index in [0.717, 1.165) is 27.4 Å². The summed E-state index contributed by atoms with van der Waals surface area (Å²) in [6, 6.07) is 18.5. The van der Waals surface area contributed by atoms with Gasteiger partial charge in [0.05, 0.1) is 16.5 Å². The summed E-state index contributed by atoms with van der Waals surface area (Å²) in [6.45, 7) is 2.43. The molecule has 0 aliphatic heterocycles. The van der Waals surface area contributed by atoms with E-state index in [4.69, 9.17) is 46.4 Å². The number of hydrogen-bond donors (Lipinski definition) is 1. The Morgan fingerprint density at radius 1 is 0.975 bits per heavy atom.